The third-order valence-corrected chi connectivity index (χ3v) is 6.76. The van der Waals surface area contributed by atoms with E-state index in [1.807, 2.05) is 38.8 Å². The summed E-state index contributed by atoms with van der Waals surface area (Å²) in [5.41, 5.74) is 3.96. The topological polar surface area (TPSA) is 77.3 Å². The number of hydrogen-bond acceptors (Lipinski definition) is 5. The van der Waals surface area contributed by atoms with Gasteiger partial charge < -0.3 is 15.3 Å². The van der Waals surface area contributed by atoms with Gasteiger partial charge in [0.25, 0.3) is 5.91 Å². The number of nitrogens with one attached hydrogen (secondary N) is 1. The van der Waals surface area contributed by atoms with Gasteiger partial charge in [-0.15, -0.1) is 0 Å². The lowest BCUT2D eigenvalue weighted by Crippen LogP contribution is -2.41. The van der Waals surface area contributed by atoms with E-state index >= 15 is 0 Å². The minimum absolute atomic E-state index is 0.00754. The molecular weight excluding hydrogens is 527 g/mol. The number of unbranched alkanes of at least 4 members (excludes halogenated alkanes) is 2. The zero-order chi connectivity index (χ0) is 31.3. The van der Waals surface area contributed by atoms with Gasteiger partial charge in [0.05, 0.1) is 6.10 Å². The van der Waals surface area contributed by atoms with Gasteiger partial charge in [0.15, 0.2) is 0 Å². The highest BCUT2D eigenvalue weighted by Crippen LogP contribution is 2.14. The Morgan fingerprint density at radius 1 is 1.12 bits per heavy atom. The quantitative estimate of drug-likeness (QED) is 0.0759. The molecule has 0 saturated carbocycles. The van der Waals surface area contributed by atoms with Crippen molar-refractivity contribution in [3.63, 3.8) is 0 Å². The predicted octanol–water partition coefficient (Wildman–Crippen LogP) is 7.98. The van der Waals surface area contributed by atoms with Gasteiger partial charge in [-0.25, -0.2) is 4.39 Å². The molecule has 1 aromatic rings. The Hall–Kier alpha value is -3.84. The number of amides is 1. The van der Waals surface area contributed by atoms with Crippen molar-refractivity contribution in [1.29, 1.82) is 0 Å². The number of aliphatic hydroxyl groups is 1. The maximum absolute atomic E-state index is 13.8. The van der Waals surface area contributed by atoms with Gasteiger partial charge in [-0.1, -0.05) is 38.7 Å². The predicted molar refractivity (Wildman–Crippen MR) is 178 cm³/mol. The summed E-state index contributed by atoms with van der Waals surface area (Å²) in [7, 11) is 0. The molecule has 2 atom stereocenters. The molecule has 0 spiro atoms. The number of benzene rings is 1. The summed E-state index contributed by atoms with van der Waals surface area (Å²) < 4.78 is 13.3. The number of anilines is 1. The Kier molecular flexibility index (Phi) is 18.0. The number of aliphatic hydroxyl groups excluding tert-OH is 1. The molecule has 0 aliphatic rings. The first kappa shape index (κ1) is 36.2. The molecule has 7 heteroatoms. The maximum Gasteiger partial charge on any atom is 0.254 e. The summed E-state index contributed by atoms with van der Waals surface area (Å²) in [6.07, 6.45) is 17.8. The number of halogens is 1. The Balaban J connectivity index is 3.15. The Morgan fingerprint density at radius 3 is 2.45 bits per heavy atom. The van der Waals surface area contributed by atoms with E-state index in [0.29, 0.717) is 18.7 Å². The van der Waals surface area contributed by atoms with Crippen LogP contribution in [0.1, 0.15) is 66.7 Å². The second kappa shape index (κ2) is 20.9. The van der Waals surface area contributed by atoms with Crippen LogP contribution in [0.4, 0.5) is 10.1 Å². The SMILES string of the molecule is C=C/C(C)=C(C=C)/C(C)=N/C=C/C=C(\C=C\N=CCCCCC(C)O)C(=O)N(CCNc1ccc(F)cc1)C(C)CC. The average molecular weight is 577 g/mol. The molecule has 42 heavy (non-hydrogen) atoms. The highest BCUT2D eigenvalue weighted by molar-refractivity contribution is 6.02. The smallest absolute Gasteiger partial charge is 0.254 e. The van der Waals surface area contributed by atoms with Gasteiger partial charge in [0, 0.05) is 54.7 Å². The molecule has 6 nitrogen and oxygen atoms in total. The highest BCUT2D eigenvalue weighted by Gasteiger charge is 2.20. The van der Waals surface area contributed by atoms with Gasteiger partial charge in [-0.2, -0.15) is 0 Å². The van der Waals surface area contributed by atoms with E-state index in [0.717, 1.165) is 54.6 Å². The van der Waals surface area contributed by atoms with E-state index in [1.54, 1.807) is 61.8 Å². The van der Waals surface area contributed by atoms with Gasteiger partial charge in [0.2, 0.25) is 0 Å². The molecule has 1 rings (SSSR count). The summed E-state index contributed by atoms with van der Waals surface area (Å²) in [6, 6.07) is 6.17. The molecule has 0 bridgehead atoms. The van der Waals surface area contributed by atoms with Crippen LogP contribution in [0.5, 0.6) is 0 Å². The Labute approximate surface area is 252 Å². The second-order valence-electron chi connectivity index (χ2n) is 10.2. The Morgan fingerprint density at radius 2 is 1.83 bits per heavy atom. The van der Waals surface area contributed by atoms with Crippen molar-refractivity contribution in [2.45, 2.75) is 78.9 Å². The third-order valence-electron chi connectivity index (χ3n) is 6.76. The summed E-state index contributed by atoms with van der Waals surface area (Å²) in [6.45, 7) is 18.4. The molecule has 0 radical (unpaired) electrons. The van der Waals surface area contributed by atoms with Crippen LogP contribution in [-0.4, -0.2) is 53.1 Å². The number of nitrogens with zero attached hydrogens (tertiary/aromatic N) is 3. The zero-order valence-electron chi connectivity index (χ0n) is 26.0. The van der Waals surface area contributed by atoms with Crippen LogP contribution in [0.2, 0.25) is 0 Å². The van der Waals surface area contributed by atoms with Gasteiger partial charge in [-0.05, 0) is 107 Å². The number of rotatable bonds is 19. The first-order valence-electron chi connectivity index (χ1n) is 14.7. The molecule has 0 saturated heterocycles. The van der Waals surface area contributed by atoms with Crippen LogP contribution >= 0.6 is 0 Å². The maximum atomic E-state index is 13.8. The normalized spacial score (nSPS) is 14.7. The van der Waals surface area contributed by atoms with Crippen molar-refractivity contribution in [2.24, 2.45) is 9.98 Å². The van der Waals surface area contributed by atoms with E-state index in [-0.39, 0.29) is 23.9 Å². The van der Waals surface area contributed by atoms with E-state index in [2.05, 4.69) is 28.5 Å². The lowest BCUT2D eigenvalue weighted by Gasteiger charge is -2.29. The summed E-state index contributed by atoms with van der Waals surface area (Å²) in [5, 5.41) is 12.7. The molecule has 1 amide bonds. The van der Waals surface area contributed by atoms with Crippen LogP contribution in [0.15, 0.2) is 107 Å². The van der Waals surface area contributed by atoms with Crippen LogP contribution in [-0.2, 0) is 4.79 Å². The largest absolute Gasteiger partial charge is 0.393 e. The minimum Gasteiger partial charge on any atom is -0.393 e. The first-order valence-corrected chi connectivity index (χ1v) is 14.7. The van der Waals surface area contributed by atoms with Gasteiger partial charge in [-0.3, -0.25) is 14.8 Å². The summed E-state index contributed by atoms with van der Waals surface area (Å²) in [4.78, 5) is 24.5. The average Bonchev–Trinajstić information content (AvgIpc) is 2.97. The monoisotopic (exact) mass is 576 g/mol. The van der Waals surface area contributed by atoms with Gasteiger partial charge >= 0.3 is 0 Å². The standard InChI is InChI=1S/C35H49FN4O2/c1-8-27(4)34(10-3)30(7)38-23-14-16-31(21-24-37-22-13-11-12-15-29(6)41)35(42)40(28(5)9-2)26-25-39-33-19-17-32(36)18-20-33/h8,10,14,16-24,28-29,39,41H,1,3,9,11-13,15,25-26H2,2,4-7H3/b23-14+,24-21+,31-16+,34-27+,37-22?,38-30+. The van der Waals surface area contributed by atoms with E-state index in [9.17, 15) is 14.3 Å². The fraction of sp³-hybridized carbons (Fsp3) is 0.400. The first-order chi connectivity index (χ1) is 20.1. The lowest BCUT2D eigenvalue weighted by atomic mass is 10.1. The fourth-order valence-corrected chi connectivity index (χ4v) is 4.00. The molecule has 2 unspecified atom stereocenters. The molecule has 0 aliphatic heterocycles. The molecule has 228 valence electrons. The van der Waals surface area contributed by atoms with Crippen molar-refractivity contribution in [3.8, 4) is 0 Å². The number of carbonyl (C=O) groups is 1. The zero-order valence-corrected chi connectivity index (χ0v) is 26.0. The number of carbonyl (C=O) groups excluding carboxylic acids is 1. The Bertz CT molecular complexity index is 1170. The number of hydrogen-bond donors (Lipinski definition) is 2. The second-order valence-corrected chi connectivity index (χ2v) is 10.2. The summed E-state index contributed by atoms with van der Waals surface area (Å²) in [5.74, 6) is -0.408. The summed E-state index contributed by atoms with van der Waals surface area (Å²) >= 11 is 0. The number of aliphatic imine (C=N–C) groups is 2. The highest BCUT2D eigenvalue weighted by atomic mass is 19.1. The molecule has 1 aromatic carbocycles. The van der Waals surface area contributed by atoms with Crippen LogP contribution < -0.4 is 5.32 Å². The van der Waals surface area contributed by atoms with E-state index < -0.39 is 0 Å². The molecular formula is C35H49FN4O2. The third kappa shape index (κ3) is 14.2. The van der Waals surface area contributed by atoms with Crippen molar-refractivity contribution in [1.82, 2.24) is 4.90 Å². The molecule has 0 aliphatic carbocycles. The van der Waals surface area contributed by atoms with Gasteiger partial charge in [0.1, 0.15) is 5.82 Å². The molecule has 0 aromatic heterocycles. The van der Waals surface area contributed by atoms with Crippen LogP contribution in [0.3, 0.4) is 0 Å². The van der Waals surface area contributed by atoms with Crippen molar-refractivity contribution in [2.75, 3.05) is 18.4 Å². The van der Waals surface area contributed by atoms with Crippen molar-refractivity contribution in [3.05, 3.63) is 103 Å². The lowest BCUT2D eigenvalue weighted by molar-refractivity contribution is -0.128. The molecule has 2 N–H and O–H groups in total. The molecule has 0 heterocycles. The van der Waals surface area contributed by atoms with Crippen LogP contribution in [0, 0.1) is 5.82 Å². The molecule has 0 fully saturated rings. The van der Waals surface area contributed by atoms with Crippen molar-refractivity contribution < 1.29 is 14.3 Å². The van der Waals surface area contributed by atoms with E-state index in [4.69, 9.17) is 0 Å². The van der Waals surface area contributed by atoms with Crippen molar-refractivity contribution >= 4 is 23.5 Å². The van der Waals surface area contributed by atoms with Crippen LogP contribution in [0.25, 0.3) is 0 Å². The minimum atomic E-state index is -0.291. The fourth-order valence-electron chi connectivity index (χ4n) is 4.00. The van der Waals surface area contributed by atoms with E-state index in [1.165, 1.54) is 12.1 Å². The number of allylic oxidation sites excluding steroid dienone is 6.